The molecule has 0 spiro atoms. The molecule has 2 aliphatic rings. The molecule has 25 heavy (non-hydrogen) atoms. The zero-order chi connectivity index (χ0) is 18.1. The summed E-state index contributed by atoms with van der Waals surface area (Å²) in [6.07, 6.45) is 0.901. The van der Waals surface area contributed by atoms with Crippen LogP contribution in [0.25, 0.3) is 0 Å². The van der Waals surface area contributed by atoms with Crippen LogP contribution in [0.5, 0.6) is 0 Å². The number of carbonyl (C=O) groups excluding carboxylic acids is 1. The maximum Gasteiger partial charge on any atom is 0.244 e. The van der Waals surface area contributed by atoms with Gasteiger partial charge in [0.25, 0.3) is 0 Å². The Labute approximate surface area is 151 Å². The standard InChI is InChI=1S/C20H31N3O2/c1-14-11-15(2)19(16(3)12-14)23-6-5-18(20(23)25)22-8-7-21(9-10-24)17(4)13-22/h11-12,17-18,24H,5-10,13H2,1-4H3. The van der Waals surface area contributed by atoms with E-state index in [0.29, 0.717) is 6.04 Å². The molecular weight excluding hydrogens is 314 g/mol. The lowest BCUT2D eigenvalue weighted by atomic mass is 10.0. The van der Waals surface area contributed by atoms with Gasteiger partial charge in [0.15, 0.2) is 0 Å². The number of aliphatic hydroxyl groups is 1. The van der Waals surface area contributed by atoms with Crippen LogP contribution < -0.4 is 4.90 Å². The topological polar surface area (TPSA) is 47.0 Å². The van der Waals surface area contributed by atoms with Gasteiger partial charge in [-0.1, -0.05) is 17.7 Å². The van der Waals surface area contributed by atoms with E-state index in [2.05, 4.69) is 49.6 Å². The molecule has 2 saturated heterocycles. The lowest BCUT2D eigenvalue weighted by Gasteiger charge is -2.41. The van der Waals surface area contributed by atoms with Crippen molar-refractivity contribution in [1.82, 2.24) is 9.80 Å². The summed E-state index contributed by atoms with van der Waals surface area (Å²) in [6, 6.07) is 4.71. The number of β-amino-alcohol motifs (C(OH)–C–C–N with tert-alkyl or cyclic N) is 1. The van der Waals surface area contributed by atoms with Gasteiger partial charge in [-0.05, 0) is 45.2 Å². The van der Waals surface area contributed by atoms with Crippen molar-refractivity contribution in [1.29, 1.82) is 0 Å². The van der Waals surface area contributed by atoms with Gasteiger partial charge in [0, 0.05) is 44.5 Å². The van der Waals surface area contributed by atoms with E-state index >= 15 is 0 Å². The number of piperazine rings is 1. The Bertz CT molecular complexity index is 623. The molecule has 2 aliphatic heterocycles. The van der Waals surface area contributed by atoms with Gasteiger partial charge in [-0.25, -0.2) is 0 Å². The minimum atomic E-state index is -0.00108. The van der Waals surface area contributed by atoms with Crippen LogP contribution in [-0.2, 0) is 4.79 Å². The summed E-state index contributed by atoms with van der Waals surface area (Å²) in [6.45, 7) is 13.0. The average molecular weight is 345 g/mol. The van der Waals surface area contributed by atoms with E-state index in [0.717, 1.165) is 44.8 Å². The van der Waals surface area contributed by atoms with Crippen LogP contribution in [0.15, 0.2) is 12.1 Å². The molecule has 0 aromatic heterocycles. The molecule has 0 bridgehead atoms. The highest BCUT2D eigenvalue weighted by molar-refractivity contribution is 6.00. The highest BCUT2D eigenvalue weighted by Gasteiger charge is 2.39. The predicted molar refractivity (Wildman–Crippen MR) is 101 cm³/mol. The van der Waals surface area contributed by atoms with Gasteiger partial charge < -0.3 is 10.0 Å². The lowest BCUT2D eigenvalue weighted by molar-refractivity contribution is -0.122. The number of hydrogen-bond acceptors (Lipinski definition) is 4. The van der Waals surface area contributed by atoms with Crippen molar-refractivity contribution in [3.8, 4) is 0 Å². The van der Waals surface area contributed by atoms with Crippen molar-refractivity contribution in [2.75, 3.05) is 44.2 Å². The molecule has 1 N–H and O–H groups in total. The summed E-state index contributed by atoms with van der Waals surface area (Å²) < 4.78 is 0. The molecule has 2 unspecified atom stereocenters. The second-order valence-corrected chi connectivity index (χ2v) is 7.65. The minimum Gasteiger partial charge on any atom is -0.395 e. The number of nitrogens with zero attached hydrogens (tertiary/aromatic N) is 3. The van der Waals surface area contributed by atoms with Gasteiger partial charge >= 0.3 is 0 Å². The molecule has 5 heteroatoms. The molecule has 2 heterocycles. The van der Waals surface area contributed by atoms with Crippen molar-refractivity contribution in [3.05, 3.63) is 28.8 Å². The van der Waals surface area contributed by atoms with Gasteiger partial charge in [0.1, 0.15) is 0 Å². The first-order chi connectivity index (χ1) is 11.9. The second-order valence-electron chi connectivity index (χ2n) is 7.65. The Kier molecular flexibility index (Phi) is 5.46. The summed E-state index contributed by atoms with van der Waals surface area (Å²) in [5.41, 5.74) is 4.72. The summed E-state index contributed by atoms with van der Waals surface area (Å²) in [5, 5.41) is 9.17. The summed E-state index contributed by atoms with van der Waals surface area (Å²) in [4.78, 5) is 19.8. The number of anilines is 1. The van der Waals surface area contributed by atoms with Gasteiger partial charge in [-0.2, -0.15) is 0 Å². The zero-order valence-corrected chi connectivity index (χ0v) is 16.0. The first kappa shape index (κ1) is 18.4. The molecule has 1 amide bonds. The number of carbonyl (C=O) groups is 1. The number of aryl methyl sites for hydroxylation is 3. The molecule has 0 saturated carbocycles. The Morgan fingerprint density at radius 1 is 1.12 bits per heavy atom. The number of aliphatic hydroxyl groups excluding tert-OH is 1. The van der Waals surface area contributed by atoms with E-state index in [9.17, 15) is 9.90 Å². The Morgan fingerprint density at radius 2 is 1.80 bits per heavy atom. The fourth-order valence-electron chi connectivity index (χ4n) is 4.59. The van der Waals surface area contributed by atoms with Gasteiger partial charge in [0.05, 0.1) is 12.6 Å². The molecule has 1 aromatic carbocycles. The normalized spacial score (nSPS) is 25.8. The van der Waals surface area contributed by atoms with Crippen LogP contribution >= 0.6 is 0 Å². The van der Waals surface area contributed by atoms with Crippen LogP contribution in [0.3, 0.4) is 0 Å². The van der Waals surface area contributed by atoms with Crippen molar-refractivity contribution in [2.45, 2.75) is 46.2 Å². The quantitative estimate of drug-likeness (QED) is 0.903. The largest absolute Gasteiger partial charge is 0.395 e. The van der Waals surface area contributed by atoms with Crippen molar-refractivity contribution in [3.63, 3.8) is 0 Å². The van der Waals surface area contributed by atoms with E-state index in [-0.39, 0.29) is 18.6 Å². The fourth-order valence-corrected chi connectivity index (χ4v) is 4.59. The molecule has 1 aromatic rings. The fraction of sp³-hybridized carbons (Fsp3) is 0.650. The third-order valence-electron chi connectivity index (χ3n) is 5.71. The van der Waals surface area contributed by atoms with E-state index in [1.54, 1.807) is 0 Å². The third kappa shape index (κ3) is 3.59. The van der Waals surface area contributed by atoms with E-state index < -0.39 is 0 Å². The average Bonchev–Trinajstić information content (AvgIpc) is 2.90. The van der Waals surface area contributed by atoms with Crippen molar-refractivity contribution < 1.29 is 9.90 Å². The summed E-state index contributed by atoms with van der Waals surface area (Å²) in [5.74, 6) is 0.248. The lowest BCUT2D eigenvalue weighted by Crippen LogP contribution is -2.56. The molecule has 5 nitrogen and oxygen atoms in total. The Morgan fingerprint density at radius 3 is 2.40 bits per heavy atom. The number of benzene rings is 1. The summed E-state index contributed by atoms with van der Waals surface area (Å²) in [7, 11) is 0. The second kappa shape index (κ2) is 7.44. The Balaban J connectivity index is 1.73. The smallest absolute Gasteiger partial charge is 0.244 e. The number of rotatable bonds is 4. The minimum absolute atomic E-state index is 0.00108. The number of hydrogen-bond donors (Lipinski definition) is 1. The maximum absolute atomic E-state index is 13.1. The van der Waals surface area contributed by atoms with E-state index in [1.165, 1.54) is 16.7 Å². The maximum atomic E-state index is 13.1. The molecule has 2 atom stereocenters. The van der Waals surface area contributed by atoms with Crippen LogP contribution in [0.2, 0.25) is 0 Å². The monoisotopic (exact) mass is 345 g/mol. The highest BCUT2D eigenvalue weighted by Crippen LogP contribution is 2.31. The van der Waals surface area contributed by atoms with Crippen LogP contribution in [0.1, 0.15) is 30.0 Å². The SMILES string of the molecule is Cc1cc(C)c(N2CCC(N3CCN(CCO)C(C)C3)C2=O)c(C)c1. The Hall–Kier alpha value is -1.43. The van der Waals surface area contributed by atoms with Crippen LogP contribution in [0, 0.1) is 20.8 Å². The molecule has 0 radical (unpaired) electrons. The highest BCUT2D eigenvalue weighted by atomic mass is 16.3. The van der Waals surface area contributed by atoms with Gasteiger partial charge in [-0.3, -0.25) is 14.6 Å². The van der Waals surface area contributed by atoms with Crippen LogP contribution in [0.4, 0.5) is 5.69 Å². The van der Waals surface area contributed by atoms with Crippen molar-refractivity contribution in [2.24, 2.45) is 0 Å². The van der Waals surface area contributed by atoms with Crippen molar-refractivity contribution >= 4 is 11.6 Å². The third-order valence-corrected chi connectivity index (χ3v) is 5.71. The van der Waals surface area contributed by atoms with Gasteiger partial charge in [-0.15, -0.1) is 0 Å². The molecule has 138 valence electrons. The molecular formula is C20H31N3O2. The number of amides is 1. The van der Waals surface area contributed by atoms with E-state index in [1.807, 2.05) is 4.90 Å². The van der Waals surface area contributed by atoms with Crippen LogP contribution in [-0.4, -0.2) is 72.2 Å². The van der Waals surface area contributed by atoms with Gasteiger partial charge in [0.2, 0.25) is 5.91 Å². The molecule has 2 fully saturated rings. The first-order valence-corrected chi connectivity index (χ1v) is 9.40. The zero-order valence-electron chi connectivity index (χ0n) is 16.0. The molecule has 3 rings (SSSR count). The van der Waals surface area contributed by atoms with E-state index in [4.69, 9.17) is 0 Å². The summed E-state index contributed by atoms with van der Waals surface area (Å²) >= 11 is 0. The predicted octanol–water partition coefficient (Wildman–Crippen LogP) is 1.72. The first-order valence-electron chi connectivity index (χ1n) is 9.40. The molecule has 0 aliphatic carbocycles.